The number of carboxylic acid groups (broad SMARTS) is 1. The molecule has 0 bridgehead atoms. The standard InChI is InChI=1S/C8H5BrF3NO3/c1-16-6-4(9)2-3(8(10,11)12)5(13-6)7(14)15/h2H,1H3,(H,14,15). The van der Waals surface area contributed by atoms with E-state index in [1.165, 1.54) is 7.11 Å². The van der Waals surface area contributed by atoms with Crippen LogP contribution in [0, 0.1) is 0 Å². The van der Waals surface area contributed by atoms with E-state index >= 15 is 0 Å². The molecule has 1 rings (SSSR count). The van der Waals surface area contributed by atoms with Crippen molar-refractivity contribution in [3.05, 3.63) is 21.8 Å². The van der Waals surface area contributed by atoms with Crippen LogP contribution in [0.3, 0.4) is 0 Å². The molecule has 1 heterocycles. The van der Waals surface area contributed by atoms with Gasteiger partial charge in [0.05, 0.1) is 17.1 Å². The molecule has 1 aromatic heterocycles. The van der Waals surface area contributed by atoms with Crippen LogP contribution in [0.15, 0.2) is 10.5 Å². The Balaban J connectivity index is 3.49. The number of methoxy groups -OCH3 is 1. The maximum Gasteiger partial charge on any atom is 0.418 e. The molecule has 0 saturated heterocycles. The summed E-state index contributed by atoms with van der Waals surface area (Å²) in [6.07, 6.45) is -4.78. The van der Waals surface area contributed by atoms with Crippen LogP contribution in [-0.2, 0) is 6.18 Å². The van der Waals surface area contributed by atoms with Crippen LogP contribution in [0.5, 0.6) is 5.88 Å². The molecule has 16 heavy (non-hydrogen) atoms. The number of hydrogen-bond acceptors (Lipinski definition) is 3. The Labute approximate surface area is 96.2 Å². The molecular weight excluding hydrogens is 295 g/mol. The number of aromatic carboxylic acids is 1. The fourth-order valence-corrected chi connectivity index (χ4v) is 1.47. The van der Waals surface area contributed by atoms with E-state index in [1.807, 2.05) is 0 Å². The number of carbonyl (C=O) groups is 1. The van der Waals surface area contributed by atoms with Gasteiger partial charge in [0.2, 0.25) is 5.88 Å². The van der Waals surface area contributed by atoms with Gasteiger partial charge in [-0.3, -0.25) is 0 Å². The minimum absolute atomic E-state index is 0.0627. The average Bonchev–Trinajstić information content (AvgIpc) is 2.15. The molecule has 8 heteroatoms. The zero-order valence-electron chi connectivity index (χ0n) is 7.80. The number of nitrogens with zero attached hydrogens (tertiary/aromatic N) is 1. The molecule has 0 aliphatic rings. The summed E-state index contributed by atoms with van der Waals surface area (Å²) in [4.78, 5) is 13.9. The number of alkyl halides is 3. The zero-order chi connectivity index (χ0) is 12.5. The van der Waals surface area contributed by atoms with Gasteiger partial charge in [0.15, 0.2) is 5.69 Å². The first-order valence-electron chi connectivity index (χ1n) is 3.82. The van der Waals surface area contributed by atoms with Crippen molar-refractivity contribution < 1.29 is 27.8 Å². The van der Waals surface area contributed by atoms with Gasteiger partial charge < -0.3 is 9.84 Å². The summed E-state index contributed by atoms with van der Waals surface area (Å²) in [5, 5.41) is 8.61. The Morgan fingerprint density at radius 1 is 1.56 bits per heavy atom. The van der Waals surface area contributed by atoms with Gasteiger partial charge in [-0.15, -0.1) is 0 Å². The van der Waals surface area contributed by atoms with E-state index in [4.69, 9.17) is 5.11 Å². The minimum Gasteiger partial charge on any atom is -0.480 e. The summed E-state index contributed by atoms with van der Waals surface area (Å²) in [5.41, 5.74) is -2.42. The molecule has 0 atom stereocenters. The lowest BCUT2D eigenvalue weighted by Gasteiger charge is -2.11. The molecular formula is C8H5BrF3NO3. The summed E-state index contributed by atoms with van der Waals surface area (Å²) in [6, 6.07) is 0.620. The number of hydrogen-bond donors (Lipinski definition) is 1. The first kappa shape index (κ1) is 12.8. The third kappa shape index (κ3) is 2.43. The fourth-order valence-electron chi connectivity index (χ4n) is 0.994. The second-order valence-electron chi connectivity index (χ2n) is 2.68. The van der Waals surface area contributed by atoms with Crippen LogP contribution >= 0.6 is 15.9 Å². The van der Waals surface area contributed by atoms with Gasteiger partial charge in [-0.2, -0.15) is 13.2 Å². The zero-order valence-corrected chi connectivity index (χ0v) is 9.39. The molecule has 0 spiro atoms. The Hall–Kier alpha value is -1.31. The van der Waals surface area contributed by atoms with Crippen LogP contribution in [-0.4, -0.2) is 23.2 Å². The molecule has 4 nitrogen and oxygen atoms in total. The van der Waals surface area contributed by atoms with Crippen LogP contribution < -0.4 is 4.74 Å². The van der Waals surface area contributed by atoms with Gasteiger partial charge in [0.25, 0.3) is 0 Å². The largest absolute Gasteiger partial charge is 0.480 e. The summed E-state index contributed by atoms with van der Waals surface area (Å²) in [5.74, 6) is -1.98. The van der Waals surface area contributed by atoms with Crippen molar-refractivity contribution in [3.63, 3.8) is 0 Å². The molecule has 0 saturated carbocycles. The van der Waals surface area contributed by atoms with Crippen LogP contribution in [0.1, 0.15) is 16.1 Å². The first-order chi connectivity index (χ1) is 7.27. The van der Waals surface area contributed by atoms with E-state index in [0.717, 1.165) is 0 Å². The van der Waals surface area contributed by atoms with Gasteiger partial charge >= 0.3 is 12.1 Å². The maximum absolute atomic E-state index is 12.5. The van der Waals surface area contributed by atoms with E-state index in [9.17, 15) is 18.0 Å². The smallest absolute Gasteiger partial charge is 0.418 e. The predicted octanol–water partition coefficient (Wildman–Crippen LogP) is 2.57. The summed E-state index contributed by atoms with van der Waals surface area (Å²) in [6.45, 7) is 0. The topological polar surface area (TPSA) is 59.4 Å². The fraction of sp³-hybridized carbons (Fsp3) is 0.250. The van der Waals surface area contributed by atoms with Crippen molar-refractivity contribution in [1.82, 2.24) is 4.98 Å². The first-order valence-corrected chi connectivity index (χ1v) is 4.61. The highest BCUT2D eigenvalue weighted by atomic mass is 79.9. The van der Waals surface area contributed by atoms with Crippen molar-refractivity contribution in [2.75, 3.05) is 7.11 Å². The molecule has 0 radical (unpaired) electrons. The second kappa shape index (κ2) is 4.28. The van der Waals surface area contributed by atoms with Gasteiger partial charge in [0, 0.05) is 0 Å². The monoisotopic (exact) mass is 299 g/mol. The Kier molecular flexibility index (Phi) is 3.41. The van der Waals surface area contributed by atoms with Crippen LogP contribution in [0.4, 0.5) is 13.2 Å². The van der Waals surface area contributed by atoms with Gasteiger partial charge in [-0.1, -0.05) is 0 Å². The highest BCUT2D eigenvalue weighted by Gasteiger charge is 2.37. The number of carboxylic acids is 1. The minimum atomic E-state index is -4.78. The molecule has 0 fully saturated rings. The number of aromatic nitrogens is 1. The molecule has 1 N–H and O–H groups in total. The van der Waals surface area contributed by atoms with Crippen molar-refractivity contribution >= 4 is 21.9 Å². The van der Waals surface area contributed by atoms with Gasteiger partial charge in [0.1, 0.15) is 0 Å². The molecule has 0 aliphatic carbocycles. The summed E-state index contributed by atoms with van der Waals surface area (Å²) >= 11 is 2.80. The summed E-state index contributed by atoms with van der Waals surface area (Å²) < 4.78 is 41.9. The number of rotatable bonds is 2. The molecule has 0 unspecified atom stereocenters. The molecule has 0 amide bonds. The van der Waals surface area contributed by atoms with E-state index in [1.54, 1.807) is 0 Å². The van der Waals surface area contributed by atoms with Crippen molar-refractivity contribution in [2.24, 2.45) is 0 Å². The quantitative estimate of drug-likeness (QED) is 0.912. The average molecular weight is 300 g/mol. The maximum atomic E-state index is 12.5. The van der Waals surface area contributed by atoms with E-state index < -0.39 is 23.4 Å². The van der Waals surface area contributed by atoms with Gasteiger partial charge in [-0.25, -0.2) is 9.78 Å². The highest BCUT2D eigenvalue weighted by molar-refractivity contribution is 9.10. The van der Waals surface area contributed by atoms with Crippen molar-refractivity contribution in [3.8, 4) is 5.88 Å². The van der Waals surface area contributed by atoms with Crippen LogP contribution in [0.2, 0.25) is 0 Å². The van der Waals surface area contributed by atoms with Crippen LogP contribution in [0.25, 0.3) is 0 Å². The van der Waals surface area contributed by atoms with E-state index in [2.05, 4.69) is 25.7 Å². The second-order valence-corrected chi connectivity index (χ2v) is 3.53. The predicted molar refractivity (Wildman–Crippen MR) is 50.5 cm³/mol. The Morgan fingerprint density at radius 2 is 2.12 bits per heavy atom. The third-order valence-corrected chi connectivity index (χ3v) is 2.21. The number of ether oxygens (including phenoxy) is 1. The highest BCUT2D eigenvalue weighted by Crippen LogP contribution is 2.35. The Morgan fingerprint density at radius 3 is 2.50 bits per heavy atom. The number of halogens is 4. The lowest BCUT2D eigenvalue weighted by Crippen LogP contribution is -2.15. The van der Waals surface area contributed by atoms with Crippen molar-refractivity contribution in [1.29, 1.82) is 0 Å². The number of pyridine rings is 1. The lowest BCUT2D eigenvalue weighted by atomic mass is 10.2. The molecule has 1 aromatic rings. The molecule has 0 aliphatic heterocycles. The molecule has 88 valence electrons. The van der Waals surface area contributed by atoms with Crippen molar-refractivity contribution in [2.45, 2.75) is 6.18 Å². The SMILES string of the molecule is COc1nc(C(=O)O)c(C(F)(F)F)cc1Br. The van der Waals surface area contributed by atoms with E-state index in [0.29, 0.717) is 6.07 Å². The molecule has 0 aromatic carbocycles. The lowest BCUT2D eigenvalue weighted by molar-refractivity contribution is -0.138. The summed E-state index contributed by atoms with van der Waals surface area (Å²) in [7, 11) is 1.17. The third-order valence-electron chi connectivity index (χ3n) is 1.65. The van der Waals surface area contributed by atoms with E-state index in [-0.39, 0.29) is 10.4 Å². The van der Waals surface area contributed by atoms with Gasteiger partial charge in [-0.05, 0) is 22.0 Å². The Bertz CT molecular complexity index is 433. The normalized spacial score (nSPS) is 11.3.